The molecule has 0 aliphatic heterocycles. The molecule has 1 aromatic rings. The van der Waals surface area contributed by atoms with Crippen LogP contribution >= 0.6 is 11.6 Å². The van der Waals surface area contributed by atoms with Crippen LogP contribution < -0.4 is 10.2 Å². The highest BCUT2D eigenvalue weighted by atomic mass is 35.5. The van der Waals surface area contributed by atoms with Crippen LogP contribution in [0.4, 0.5) is 5.69 Å². The summed E-state index contributed by atoms with van der Waals surface area (Å²) in [5.41, 5.74) is 2.90. The number of nitrogens with one attached hydrogen (secondary N) is 1. The summed E-state index contributed by atoms with van der Waals surface area (Å²) in [6, 6.07) is 6.90. The molecule has 0 saturated heterocycles. The van der Waals surface area contributed by atoms with E-state index in [9.17, 15) is 0 Å². The van der Waals surface area contributed by atoms with Gasteiger partial charge in [-0.15, -0.1) is 16.6 Å². The van der Waals surface area contributed by atoms with Crippen LogP contribution in [-0.2, 0) is 4.99 Å². The molecule has 4 nitrogen and oxygen atoms in total. The molecule has 0 bridgehead atoms. The van der Waals surface area contributed by atoms with E-state index in [2.05, 4.69) is 10.5 Å². The summed E-state index contributed by atoms with van der Waals surface area (Å²) in [5.74, 6) is 1.18. The fraction of sp³-hybridized carbons (Fsp3) is 0.250. The van der Waals surface area contributed by atoms with Gasteiger partial charge in [-0.3, -0.25) is 0 Å². The summed E-state index contributed by atoms with van der Waals surface area (Å²) in [4.78, 5) is 3.74. The first-order valence-electron chi connectivity index (χ1n) is 3.72. The molecular weight excluding hydrogens is 194 g/mol. The third-order valence-electron chi connectivity index (χ3n) is 1.36. The summed E-state index contributed by atoms with van der Waals surface area (Å²) in [5, 5.41) is 8.07. The zero-order valence-electron chi connectivity index (χ0n) is 6.87. The van der Waals surface area contributed by atoms with E-state index < -0.39 is 0 Å². The molecule has 0 atom stereocenters. The van der Waals surface area contributed by atoms with Crippen LogP contribution in [0, 0.1) is 0 Å². The van der Waals surface area contributed by atoms with Gasteiger partial charge < -0.3 is 4.74 Å². The molecule has 0 spiro atoms. The molecular formula is C8H10ClNO3. The Labute approximate surface area is 80.9 Å². The molecule has 0 saturated carbocycles. The maximum Gasteiger partial charge on any atom is 0.119 e. The van der Waals surface area contributed by atoms with E-state index in [1.807, 2.05) is 0 Å². The highest BCUT2D eigenvalue weighted by Gasteiger charge is 1.93. The predicted molar refractivity (Wildman–Crippen MR) is 50.0 cm³/mol. The second kappa shape index (κ2) is 5.64. The first-order chi connectivity index (χ1) is 6.36. The highest BCUT2D eigenvalue weighted by Crippen LogP contribution is 2.15. The first kappa shape index (κ1) is 10.1. The highest BCUT2D eigenvalue weighted by molar-refractivity contribution is 6.17. The van der Waals surface area contributed by atoms with Gasteiger partial charge in [-0.05, 0) is 24.3 Å². The molecule has 1 rings (SSSR count). The number of benzene rings is 1. The van der Waals surface area contributed by atoms with Crippen LogP contribution in [0.15, 0.2) is 24.3 Å². The van der Waals surface area contributed by atoms with Gasteiger partial charge in [-0.25, -0.2) is 10.7 Å². The number of halogens is 1. The summed E-state index contributed by atoms with van der Waals surface area (Å²) in [6.45, 7) is 0.477. The Balaban J connectivity index is 2.48. The third kappa shape index (κ3) is 3.50. The molecule has 0 aliphatic carbocycles. The van der Waals surface area contributed by atoms with Gasteiger partial charge in [0.2, 0.25) is 0 Å². The van der Waals surface area contributed by atoms with Crippen LogP contribution in [0.5, 0.6) is 5.75 Å². The zero-order valence-corrected chi connectivity index (χ0v) is 7.62. The lowest BCUT2D eigenvalue weighted by atomic mass is 10.3. The van der Waals surface area contributed by atoms with E-state index >= 15 is 0 Å². The van der Waals surface area contributed by atoms with Crippen molar-refractivity contribution in [1.82, 2.24) is 0 Å². The molecule has 13 heavy (non-hydrogen) atoms. The Morgan fingerprint density at radius 1 is 1.31 bits per heavy atom. The van der Waals surface area contributed by atoms with Crippen LogP contribution in [0.25, 0.3) is 0 Å². The summed E-state index contributed by atoms with van der Waals surface area (Å²) in [7, 11) is 0. The molecule has 0 fully saturated rings. The fourth-order valence-corrected chi connectivity index (χ4v) is 0.905. The average Bonchev–Trinajstić information content (AvgIpc) is 2.17. The summed E-state index contributed by atoms with van der Waals surface area (Å²) in [6.07, 6.45) is 0. The molecule has 5 heteroatoms. The number of alkyl halides is 1. The normalized spacial score (nSPS) is 9.69. The quantitative estimate of drug-likeness (QED) is 0.437. The van der Waals surface area contributed by atoms with Gasteiger partial charge in [0.1, 0.15) is 12.4 Å². The van der Waals surface area contributed by atoms with Crippen LogP contribution in [0.3, 0.4) is 0 Å². The molecule has 0 radical (unpaired) electrons. The molecule has 1 aromatic carbocycles. The van der Waals surface area contributed by atoms with Gasteiger partial charge >= 0.3 is 0 Å². The fourth-order valence-electron chi connectivity index (χ4n) is 0.828. The smallest absolute Gasteiger partial charge is 0.119 e. The van der Waals surface area contributed by atoms with E-state index in [1.165, 1.54) is 0 Å². The number of anilines is 1. The van der Waals surface area contributed by atoms with Crippen molar-refractivity contribution < 1.29 is 15.0 Å². The van der Waals surface area contributed by atoms with Crippen molar-refractivity contribution in [2.24, 2.45) is 0 Å². The molecule has 0 aliphatic rings. The number of hydrogen-bond donors (Lipinski definition) is 2. The van der Waals surface area contributed by atoms with E-state index in [4.69, 9.17) is 21.6 Å². The average molecular weight is 204 g/mol. The van der Waals surface area contributed by atoms with E-state index in [-0.39, 0.29) is 0 Å². The van der Waals surface area contributed by atoms with Crippen molar-refractivity contribution in [1.29, 1.82) is 0 Å². The van der Waals surface area contributed by atoms with Gasteiger partial charge in [-0.1, -0.05) is 0 Å². The largest absolute Gasteiger partial charge is 0.492 e. The third-order valence-corrected chi connectivity index (χ3v) is 1.52. The maximum absolute atomic E-state index is 8.07. The molecule has 0 heterocycles. The Morgan fingerprint density at radius 2 is 2.00 bits per heavy atom. The predicted octanol–water partition coefficient (Wildman–Crippen LogP) is 2.12. The van der Waals surface area contributed by atoms with Gasteiger partial charge in [0.15, 0.2) is 0 Å². The Bertz CT molecular complexity index is 240. The lowest BCUT2D eigenvalue weighted by molar-refractivity contribution is -0.215. The topological polar surface area (TPSA) is 50.7 Å². The van der Waals surface area contributed by atoms with Crippen LogP contribution in [0.2, 0.25) is 0 Å². The molecule has 2 N–H and O–H groups in total. The van der Waals surface area contributed by atoms with Gasteiger partial charge in [0.05, 0.1) is 11.6 Å². The van der Waals surface area contributed by atoms with Crippen molar-refractivity contribution >= 4 is 17.3 Å². The Hall–Kier alpha value is -0.970. The molecule has 0 unspecified atom stereocenters. The van der Waals surface area contributed by atoms with Crippen molar-refractivity contribution in [3.8, 4) is 5.75 Å². The van der Waals surface area contributed by atoms with Crippen molar-refractivity contribution in [3.63, 3.8) is 0 Å². The summed E-state index contributed by atoms with van der Waals surface area (Å²) < 4.78 is 5.23. The van der Waals surface area contributed by atoms with Gasteiger partial charge in [0, 0.05) is 0 Å². The van der Waals surface area contributed by atoms with E-state index in [1.54, 1.807) is 24.3 Å². The van der Waals surface area contributed by atoms with Crippen molar-refractivity contribution in [2.75, 3.05) is 18.0 Å². The lowest BCUT2D eigenvalue weighted by Crippen LogP contribution is -1.99. The molecule has 0 amide bonds. The zero-order chi connectivity index (χ0) is 9.52. The Morgan fingerprint density at radius 3 is 2.54 bits per heavy atom. The van der Waals surface area contributed by atoms with Crippen molar-refractivity contribution in [2.45, 2.75) is 0 Å². The van der Waals surface area contributed by atoms with E-state index in [0.717, 1.165) is 5.75 Å². The maximum atomic E-state index is 8.07. The van der Waals surface area contributed by atoms with Crippen LogP contribution in [0.1, 0.15) is 0 Å². The Kier molecular flexibility index (Phi) is 4.39. The van der Waals surface area contributed by atoms with Gasteiger partial charge in [-0.2, -0.15) is 0 Å². The second-order valence-corrected chi connectivity index (χ2v) is 2.63. The number of hydrogen-bond acceptors (Lipinski definition) is 4. The number of rotatable bonds is 5. The first-order valence-corrected chi connectivity index (χ1v) is 4.25. The number of ether oxygens (including phenoxy) is 1. The lowest BCUT2D eigenvalue weighted by Gasteiger charge is -2.04. The molecule has 72 valence electrons. The van der Waals surface area contributed by atoms with E-state index in [0.29, 0.717) is 18.2 Å². The van der Waals surface area contributed by atoms with Gasteiger partial charge in [0.25, 0.3) is 0 Å². The minimum Gasteiger partial charge on any atom is -0.492 e. The minimum atomic E-state index is 0.458. The molecule has 0 aromatic heterocycles. The SMILES string of the molecule is OONc1ccc(OCCCl)cc1. The minimum absolute atomic E-state index is 0.458. The second-order valence-electron chi connectivity index (χ2n) is 2.26. The standard InChI is InChI=1S/C8H10ClNO3/c9-5-6-12-8-3-1-7(2-4-8)10-13-11/h1-4,10-11H,5-6H2. The monoisotopic (exact) mass is 203 g/mol. The summed E-state index contributed by atoms with van der Waals surface area (Å²) >= 11 is 5.44. The van der Waals surface area contributed by atoms with Crippen molar-refractivity contribution in [3.05, 3.63) is 24.3 Å². The van der Waals surface area contributed by atoms with Crippen LogP contribution in [-0.4, -0.2) is 17.7 Å².